The molecule has 0 aliphatic heterocycles. The summed E-state index contributed by atoms with van der Waals surface area (Å²) in [4.78, 5) is 22.5. The molecule has 0 bridgehead atoms. The van der Waals surface area contributed by atoms with Crippen molar-refractivity contribution >= 4 is 46.6 Å². The summed E-state index contributed by atoms with van der Waals surface area (Å²) >= 11 is 3.25. The fraction of sp³-hybridized carbons (Fsp3) is 0.278. The molecule has 7 heteroatoms. The molecule has 6 rings (SSSR count). The zero-order chi connectivity index (χ0) is 29.9. The first kappa shape index (κ1) is 29.0. The van der Waals surface area contributed by atoms with E-state index in [1.54, 1.807) is 35.8 Å². The van der Waals surface area contributed by atoms with Gasteiger partial charge in [-0.2, -0.15) is 0 Å². The minimum atomic E-state index is -0.110. The van der Waals surface area contributed by atoms with E-state index in [4.69, 9.17) is 5.73 Å². The Balaban J connectivity index is 1.33. The van der Waals surface area contributed by atoms with Crippen LogP contribution in [0.5, 0.6) is 5.75 Å². The highest BCUT2D eigenvalue weighted by atomic mass is 32.1. The van der Waals surface area contributed by atoms with Crippen LogP contribution in [-0.2, 0) is 6.42 Å². The third-order valence-electron chi connectivity index (χ3n) is 8.69. The Morgan fingerprint density at radius 1 is 1.00 bits per heavy atom. The normalized spacial score (nSPS) is 21.7. The largest absolute Gasteiger partial charge is 0.508 e. The van der Waals surface area contributed by atoms with Crippen LogP contribution in [0.2, 0.25) is 0 Å². The number of thiophene rings is 2. The number of guanidine groups is 1. The lowest BCUT2D eigenvalue weighted by Gasteiger charge is -2.44. The van der Waals surface area contributed by atoms with Gasteiger partial charge in [-0.3, -0.25) is 9.79 Å². The standard InChI is InChI=1S/C36H35N3O2S2/c1-3-7-26-12-15-32(42-26)33-16-17-34(43-33)35(41)28-14-13-27(29-20-23-9-4-5-10-24(23)21-30(28)29)31(39-36(37)38-2)19-22-8-6-11-25(40)18-22/h4-6,8-12,15-18,20-21,27-31,40H,13-14,19H2,1-2H3,(H3,37,38,39)/t27-,28-,29+,30+,31-/m1/s1. The Bertz CT molecular complexity index is 1860. The van der Waals surface area contributed by atoms with E-state index in [0.29, 0.717) is 12.4 Å². The maximum Gasteiger partial charge on any atom is 0.188 e. The van der Waals surface area contributed by atoms with Crippen molar-refractivity contribution < 1.29 is 9.90 Å². The average Bonchev–Trinajstić information content (AvgIpc) is 3.69. The van der Waals surface area contributed by atoms with E-state index in [2.05, 4.69) is 70.7 Å². The van der Waals surface area contributed by atoms with Crippen LogP contribution in [0.4, 0.5) is 0 Å². The number of carbonyl (C=O) groups excluding carboxylic acids is 1. The molecule has 4 N–H and O–H groups in total. The zero-order valence-electron chi connectivity index (χ0n) is 24.3. The molecule has 2 aliphatic carbocycles. The van der Waals surface area contributed by atoms with Gasteiger partial charge in [0, 0.05) is 28.8 Å². The molecule has 4 aromatic rings. The number of aliphatic imine (C=N–C) groups is 1. The molecule has 5 atom stereocenters. The van der Waals surface area contributed by atoms with Gasteiger partial charge in [-0.15, -0.1) is 28.6 Å². The number of nitrogens with zero attached hydrogens (tertiary/aromatic N) is 1. The lowest BCUT2D eigenvalue weighted by atomic mass is 9.61. The van der Waals surface area contributed by atoms with Crippen molar-refractivity contribution in [2.24, 2.45) is 34.4 Å². The number of nitrogens with one attached hydrogen (secondary N) is 1. The quantitative estimate of drug-likeness (QED) is 0.114. The molecule has 2 aromatic heterocycles. The highest BCUT2D eigenvalue weighted by molar-refractivity contribution is 7.23. The van der Waals surface area contributed by atoms with Gasteiger partial charge < -0.3 is 16.2 Å². The Kier molecular flexibility index (Phi) is 8.51. The summed E-state index contributed by atoms with van der Waals surface area (Å²) in [6.45, 7) is 1.85. The van der Waals surface area contributed by atoms with Crippen molar-refractivity contribution in [1.82, 2.24) is 5.32 Å². The van der Waals surface area contributed by atoms with E-state index >= 15 is 0 Å². The molecule has 218 valence electrons. The summed E-state index contributed by atoms with van der Waals surface area (Å²) in [6.07, 6.45) is 7.07. The predicted molar refractivity (Wildman–Crippen MR) is 179 cm³/mol. The molecule has 0 radical (unpaired) electrons. The number of phenols is 1. The number of benzene rings is 2. The van der Waals surface area contributed by atoms with Crippen LogP contribution in [0, 0.1) is 35.5 Å². The fourth-order valence-electron chi connectivity index (χ4n) is 6.72. The van der Waals surface area contributed by atoms with Crippen LogP contribution in [0.1, 0.15) is 39.9 Å². The number of ketones is 1. The highest BCUT2D eigenvalue weighted by Crippen LogP contribution is 2.46. The minimum absolute atomic E-state index is 0.0171. The third-order valence-corrected chi connectivity index (χ3v) is 11.0. The third kappa shape index (κ3) is 6.17. The number of fused-ring (bicyclic) bond motifs is 2. The predicted octanol–water partition coefficient (Wildman–Crippen LogP) is 5.42. The van der Waals surface area contributed by atoms with Gasteiger partial charge in [0.2, 0.25) is 0 Å². The van der Waals surface area contributed by atoms with Crippen LogP contribution >= 0.6 is 22.7 Å². The molecule has 2 aliphatic rings. The maximum atomic E-state index is 14.2. The lowest BCUT2D eigenvalue weighted by Crippen LogP contribution is -2.52. The van der Waals surface area contributed by atoms with E-state index < -0.39 is 0 Å². The van der Waals surface area contributed by atoms with Crippen molar-refractivity contribution in [2.45, 2.75) is 32.2 Å². The molecule has 0 spiro atoms. The van der Waals surface area contributed by atoms with Crippen LogP contribution in [-0.4, -0.2) is 29.9 Å². The Morgan fingerprint density at radius 2 is 1.74 bits per heavy atom. The van der Waals surface area contributed by atoms with Crippen LogP contribution in [0.15, 0.2) is 77.8 Å². The topological polar surface area (TPSA) is 87.7 Å². The summed E-state index contributed by atoms with van der Waals surface area (Å²) in [5.74, 6) is 7.28. The van der Waals surface area contributed by atoms with Crippen LogP contribution < -0.4 is 21.5 Å². The van der Waals surface area contributed by atoms with E-state index in [0.717, 1.165) is 37.9 Å². The van der Waals surface area contributed by atoms with Crippen LogP contribution in [0.25, 0.3) is 21.9 Å². The van der Waals surface area contributed by atoms with Crippen molar-refractivity contribution in [2.75, 3.05) is 7.05 Å². The van der Waals surface area contributed by atoms with Gasteiger partial charge in [0.25, 0.3) is 0 Å². The van der Waals surface area contributed by atoms with Crippen molar-refractivity contribution in [3.05, 3.63) is 98.6 Å². The van der Waals surface area contributed by atoms with Gasteiger partial charge in [0.05, 0.1) is 9.75 Å². The summed E-state index contributed by atoms with van der Waals surface area (Å²) in [6, 6.07) is 24.0. The average molecular weight is 606 g/mol. The number of hydrogen-bond donors (Lipinski definition) is 3. The molecule has 1 fully saturated rings. The number of hydrogen-bond acceptors (Lipinski definition) is 5. The second kappa shape index (κ2) is 12.6. The summed E-state index contributed by atoms with van der Waals surface area (Å²) in [5, 5.41) is 16.0. The number of aromatic hydroxyl groups is 1. The van der Waals surface area contributed by atoms with E-state index in [1.807, 2.05) is 37.3 Å². The van der Waals surface area contributed by atoms with Gasteiger partial charge in [-0.05, 0) is 96.3 Å². The van der Waals surface area contributed by atoms with Crippen molar-refractivity contribution in [3.63, 3.8) is 0 Å². The summed E-state index contributed by atoms with van der Waals surface area (Å²) in [7, 11) is 1.69. The van der Waals surface area contributed by atoms with Crippen molar-refractivity contribution in [3.8, 4) is 27.3 Å². The highest BCUT2D eigenvalue weighted by Gasteiger charge is 2.44. The summed E-state index contributed by atoms with van der Waals surface area (Å²) in [5.41, 5.74) is 7.27. The molecule has 2 aromatic carbocycles. The molecule has 43 heavy (non-hydrogen) atoms. The monoisotopic (exact) mass is 605 g/mol. The number of nitrogens with two attached hydrogens (primary N) is 1. The number of Topliss-reactive ketones (excluding diaryl/α,β-unsaturated/α-hetero) is 1. The molecule has 0 unspecified atom stereocenters. The Hall–Kier alpha value is -4.12. The second-order valence-corrected chi connectivity index (χ2v) is 13.4. The van der Waals surface area contributed by atoms with Gasteiger partial charge >= 0.3 is 0 Å². The van der Waals surface area contributed by atoms with Crippen LogP contribution in [0.3, 0.4) is 0 Å². The lowest BCUT2D eigenvalue weighted by molar-refractivity contribution is 0.0768. The SMILES string of the molecule is CC#Cc1ccc(-c2ccc(C(=O)[C@@H]3CC[C@@H]([C@@H](Cc4cccc(O)c4)NC(N)=NC)[C@@H]4C=c5ccccc5=C[C@H]43)s2)s1. The van der Waals surface area contributed by atoms with Gasteiger partial charge in [0.1, 0.15) is 5.75 Å². The number of carbonyl (C=O) groups is 1. The summed E-state index contributed by atoms with van der Waals surface area (Å²) < 4.78 is 0. The Morgan fingerprint density at radius 3 is 2.49 bits per heavy atom. The fourth-order valence-corrected chi connectivity index (χ4v) is 8.73. The molecule has 0 saturated heterocycles. The molecular weight excluding hydrogens is 571 g/mol. The first-order valence-electron chi connectivity index (χ1n) is 14.7. The van der Waals surface area contributed by atoms with Crippen molar-refractivity contribution in [1.29, 1.82) is 0 Å². The van der Waals surface area contributed by atoms with E-state index in [1.165, 1.54) is 10.4 Å². The first-order valence-corrected chi connectivity index (χ1v) is 16.3. The molecule has 0 amide bonds. The van der Waals surface area contributed by atoms with E-state index in [9.17, 15) is 9.90 Å². The van der Waals surface area contributed by atoms with Gasteiger partial charge in [-0.1, -0.05) is 54.5 Å². The maximum absolute atomic E-state index is 14.2. The molecule has 2 heterocycles. The zero-order valence-corrected chi connectivity index (χ0v) is 25.9. The van der Waals surface area contributed by atoms with Gasteiger partial charge in [-0.25, -0.2) is 0 Å². The molecular formula is C36H35N3O2S2. The van der Waals surface area contributed by atoms with Gasteiger partial charge in [0.15, 0.2) is 11.7 Å². The number of phenolic OH excluding ortho intramolecular Hbond substituents is 1. The smallest absolute Gasteiger partial charge is 0.188 e. The number of rotatable bonds is 7. The molecule has 5 nitrogen and oxygen atoms in total. The minimum Gasteiger partial charge on any atom is -0.508 e. The second-order valence-electron chi connectivity index (χ2n) is 11.3. The van der Waals surface area contributed by atoms with E-state index in [-0.39, 0.29) is 41.2 Å². The first-order chi connectivity index (χ1) is 20.9. The Labute approximate surface area is 260 Å². The molecule has 1 saturated carbocycles.